The van der Waals surface area contributed by atoms with Crippen molar-refractivity contribution in [3.05, 3.63) is 46.4 Å². The molecule has 6 nitrogen and oxygen atoms in total. The van der Waals surface area contributed by atoms with Crippen LogP contribution in [0.15, 0.2) is 36.4 Å². The predicted octanol–water partition coefficient (Wildman–Crippen LogP) is 6.94. The van der Waals surface area contributed by atoms with Crippen molar-refractivity contribution in [3.8, 4) is 22.6 Å². The maximum atomic E-state index is 9.75. The fourth-order valence-electron chi connectivity index (χ4n) is 1.88. The van der Waals surface area contributed by atoms with Gasteiger partial charge < -0.3 is 44.0 Å². The van der Waals surface area contributed by atoms with Crippen molar-refractivity contribution >= 4 is 25.9 Å². The van der Waals surface area contributed by atoms with Crippen LogP contribution in [0.25, 0.3) is 21.1 Å². The van der Waals surface area contributed by atoms with Crippen molar-refractivity contribution in [1.29, 1.82) is 10.8 Å². The van der Waals surface area contributed by atoms with Crippen molar-refractivity contribution in [3.63, 3.8) is 0 Å². The second-order valence-corrected chi connectivity index (χ2v) is 4.96. The fourth-order valence-corrected chi connectivity index (χ4v) is 1.88. The Bertz CT molecular complexity index is 839. The molecule has 0 radical (unpaired) electrons. The summed E-state index contributed by atoms with van der Waals surface area (Å²) in [6, 6.07) is 10.4. The highest BCUT2D eigenvalue weighted by atomic mass is 19.5. The number of hydrogen-bond donors (Lipinski definition) is 0. The molecule has 0 fully saturated rings. The van der Waals surface area contributed by atoms with Gasteiger partial charge in [-0.2, -0.15) is 0 Å². The monoisotopic (exact) mass is 442 g/mol. The van der Waals surface area contributed by atoms with Crippen molar-refractivity contribution in [2.24, 2.45) is 0 Å². The third-order valence-corrected chi connectivity index (χ3v) is 2.91. The number of nitrogens with zero attached hydrogens (tertiary/aromatic N) is 4. The standard InChI is InChI=1S/C14H12N4O2.2BF4/c1-19-13-7-9(3-5-11(13)17-15)10-4-6-12(18-16)14(8-10)20-2;2*2-1(3,4)5/h3-8H,1-2H3;;/q+2;2*-1. The molecule has 0 unspecified atom stereocenters. The Hall–Kier alpha value is -3.55. The molecule has 2 aromatic rings. The number of ether oxygens (including phenoxy) is 2. The number of diazo groups is 2. The molecule has 0 N–H and O–H groups in total. The summed E-state index contributed by atoms with van der Waals surface area (Å²) in [5, 5.41) is 17.7. The van der Waals surface area contributed by atoms with E-state index < -0.39 is 14.5 Å². The van der Waals surface area contributed by atoms with Crippen LogP contribution in [0, 0.1) is 10.8 Å². The van der Waals surface area contributed by atoms with Crippen molar-refractivity contribution < 1.29 is 44.0 Å². The molecular formula is C14H12B2F8N4O2. The zero-order chi connectivity index (χ0) is 23.5. The molecule has 2 rings (SSSR count). The van der Waals surface area contributed by atoms with Crippen LogP contribution in [0.4, 0.5) is 45.9 Å². The summed E-state index contributed by atoms with van der Waals surface area (Å²) in [5.41, 5.74) is 2.42. The van der Waals surface area contributed by atoms with Crippen LogP contribution >= 0.6 is 0 Å². The van der Waals surface area contributed by atoms with E-state index in [1.165, 1.54) is 14.2 Å². The van der Waals surface area contributed by atoms with Gasteiger partial charge in [0.1, 0.15) is 0 Å². The van der Waals surface area contributed by atoms with E-state index in [1.54, 1.807) is 36.4 Å². The van der Waals surface area contributed by atoms with Gasteiger partial charge >= 0.3 is 25.9 Å². The number of benzene rings is 2. The molecule has 0 saturated carbocycles. The van der Waals surface area contributed by atoms with Crippen molar-refractivity contribution in [1.82, 2.24) is 0 Å². The molecular weight excluding hydrogens is 430 g/mol. The smallest absolute Gasteiger partial charge is 0.489 e. The van der Waals surface area contributed by atoms with E-state index in [-0.39, 0.29) is 0 Å². The summed E-state index contributed by atoms with van der Waals surface area (Å²) in [4.78, 5) is 6.28. The van der Waals surface area contributed by atoms with Crippen LogP contribution < -0.4 is 9.47 Å². The Morgan fingerprint density at radius 2 is 0.900 bits per heavy atom. The average molecular weight is 442 g/mol. The molecule has 0 heterocycles. The third kappa shape index (κ3) is 11.3. The number of rotatable bonds is 3. The number of halogens is 8. The van der Waals surface area contributed by atoms with Gasteiger partial charge in [-0.3, -0.25) is 0 Å². The zero-order valence-corrected chi connectivity index (χ0v) is 15.2. The minimum absolute atomic E-state index is 0.352. The first-order valence-electron chi connectivity index (χ1n) is 7.54. The molecule has 30 heavy (non-hydrogen) atoms. The minimum Gasteiger partial charge on any atom is -0.489 e. The summed E-state index contributed by atoms with van der Waals surface area (Å²) < 4.78 is 88.3. The van der Waals surface area contributed by atoms with E-state index in [0.717, 1.165) is 11.1 Å². The molecule has 162 valence electrons. The van der Waals surface area contributed by atoms with Gasteiger partial charge in [-0.15, -0.1) is 0 Å². The molecule has 0 bridgehead atoms. The average Bonchev–Trinajstić information content (AvgIpc) is 2.64. The van der Waals surface area contributed by atoms with Gasteiger partial charge in [-0.1, -0.05) is 0 Å². The first kappa shape index (κ1) is 26.4. The molecule has 0 amide bonds. The highest BCUT2D eigenvalue weighted by Crippen LogP contribution is 2.36. The lowest BCUT2D eigenvalue weighted by Crippen LogP contribution is -2.02. The first-order valence-corrected chi connectivity index (χ1v) is 7.54. The topological polar surface area (TPSA) is 74.8 Å². The fraction of sp³-hybridized carbons (Fsp3) is 0.143. The van der Waals surface area contributed by atoms with E-state index in [1.807, 2.05) is 0 Å². The Balaban J connectivity index is 0.000000702. The molecule has 2 aromatic carbocycles. The lowest BCUT2D eigenvalue weighted by molar-refractivity contribution is 0.366. The van der Waals surface area contributed by atoms with Crippen LogP contribution in [0.3, 0.4) is 0 Å². The first-order chi connectivity index (χ1) is 13.7. The summed E-state index contributed by atoms with van der Waals surface area (Å²) in [6.45, 7) is 0. The van der Waals surface area contributed by atoms with Crippen LogP contribution in [0.1, 0.15) is 0 Å². The molecule has 16 heteroatoms. The van der Waals surface area contributed by atoms with Crippen LogP contribution in [0.5, 0.6) is 11.5 Å². The van der Waals surface area contributed by atoms with Gasteiger partial charge in [0, 0.05) is 12.1 Å². The maximum Gasteiger partial charge on any atom is 0.673 e. The second kappa shape index (κ2) is 11.5. The van der Waals surface area contributed by atoms with Gasteiger partial charge in [0.25, 0.3) is 0 Å². The van der Waals surface area contributed by atoms with Gasteiger partial charge in [-0.25, -0.2) is 0 Å². The lowest BCUT2D eigenvalue weighted by atomic mass is 10.0. The Morgan fingerprint density at radius 1 is 0.633 bits per heavy atom. The van der Waals surface area contributed by atoms with Gasteiger partial charge in [-0.05, 0) is 35.4 Å². The normalized spacial score (nSPS) is 10.3. The Kier molecular flexibility index (Phi) is 10.1. The molecule has 0 aliphatic rings. The van der Waals surface area contributed by atoms with Gasteiger partial charge in [0.2, 0.25) is 22.3 Å². The van der Waals surface area contributed by atoms with E-state index >= 15 is 0 Å². The molecule has 0 atom stereocenters. The zero-order valence-electron chi connectivity index (χ0n) is 15.2. The maximum absolute atomic E-state index is 9.75. The Labute approximate surface area is 164 Å². The predicted molar refractivity (Wildman–Crippen MR) is 94.8 cm³/mol. The lowest BCUT2D eigenvalue weighted by Gasteiger charge is -2.04. The van der Waals surface area contributed by atoms with E-state index in [0.29, 0.717) is 22.9 Å². The quantitative estimate of drug-likeness (QED) is 0.293. The molecule has 0 spiro atoms. The van der Waals surface area contributed by atoms with Gasteiger partial charge in [0.05, 0.1) is 14.2 Å². The number of hydrogen-bond acceptors (Lipinski definition) is 4. The van der Waals surface area contributed by atoms with Crippen LogP contribution in [0.2, 0.25) is 0 Å². The Morgan fingerprint density at radius 3 is 1.10 bits per heavy atom. The van der Waals surface area contributed by atoms with E-state index in [4.69, 9.17) is 20.3 Å². The summed E-state index contributed by atoms with van der Waals surface area (Å²) in [6.07, 6.45) is 0. The molecule has 0 saturated heterocycles. The van der Waals surface area contributed by atoms with Crippen LogP contribution in [-0.4, -0.2) is 28.7 Å². The van der Waals surface area contributed by atoms with E-state index in [9.17, 15) is 34.5 Å². The second-order valence-electron chi connectivity index (χ2n) is 4.96. The minimum atomic E-state index is -6.00. The number of methoxy groups -OCH3 is 2. The third-order valence-electron chi connectivity index (χ3n) is 2.91. The van der Waals surface area contributed by atoms with Crippen molar-refractivity contribution in [2.45, 2.75) is 0 Å². The highest BCUT2D eigenvalue weighted by molar-refractivity contribution is 6.50. The SMILES string of the molecule is COc1cc(-c2ccc([N+]#N)c(OC)c2)ccc1[N+]#N.F[B-](F)(F)F.F[B-](F)(F)F. The van der Waals surface area contributed by atoms with Crippen molar-refractivity contribution in [2.75, 3.05) is 14.2 Å². The molecule has 0 aliphatic carbocycles. The molecule has 0 aliphatic heterocycles. The molecule has 0 aromatic heterocycles. The van der Waals surface area contributed by atoms with Gasteiger partial charge in [0.15, 0.2) is 9.95 Å². The summed E-state index contributed by atoms with van der Waals surface area (Å²) in [7, 11) is -9.00. The summed E-state index contributed by atoms with van der Waals surface area (Å²) in [5.74, 6) is 0.916. The van der Waals surface area contributed by atoms with Crippen LogP contribution in [-0.2, 0) is 0 Å². The van der Waals surface area contributed by atoms with E-state index in [2.05, 4.69) is 9.95 Å². The largest absolute Gasteiger partial charge is 0.673 e. The highest BCUT2D eigenvalue weighted by Gasteiger charge is 2.21. The summed E-state index contributed by atoms with van der Waals surface area (Å²) >= 11 is 0.